The summed E-state index contributed by atoms with van der Waals surface area (Å²) in [6.45, 7) is 8.21. The molecule has 0 aliphatic carbocycles. The number of aromatic hydroxyl groups is 1. The standard InChI is InChI=1S/C29H56N3O14.C6H5NO3.H3N.2Y/c1-2-3-4-5-6-11-36-16-17-37-15-10-31-29(34)43-25-22-39-20-21-40-23-26-45-32-44-13-8-7-12-42-28(33)30-9-14-38-18-19-41-24-27-46-35;8-6-3-1-5(2-4-6)7(9)10;;;/h7-8,35H,2-6,9-27H2,1H3,(H,30,33)(H,31,34);1-4,8H;1H3;;/q-1;;;;/b8-7+;;;;. The topological polar surface area (TPSA) is 292 Å². The third-order valence-electron chi connectivity index (χ3n) is 6.45. The van der Waals surface area contributed by atoms with Gasteiger partial charge >= 0.3 is 12.2 Å². The molecule has 0 aliphatic rings. The van der Waals surface area contributed by atoms with Crippen LogP contribution in [-0.4, -0.2) is 153 Å². The summed E-state index contributed by atoms with van der Waals surface area (Å²) in [5, 5.41) is 32.0. The van der Waals surface area contributed by atoms with Gasteiger partial charge in [0.15, 0.2) is 0 Å². The molecule has 0 bridgehead atoms. The summed E-state index contributed by atoms with van der Waals surface area (Å²) in [5.41, 5.74) is 3.41. The van der Waals surface area contributed by atoms with Crippen molar-refractivity contribution < 1.29 is 143 Å². The van der Waals surface area contributed by atoms with Crippen LogP contribution in [0.4, 0.5) is 15.3 Å². The van der Waals surface area contributed by atoms with Gasteiger partial charge in [0, 0.05) is 104 Å². The first-order chi connectivity index (χ1) is 27.4. The van der Waals surface area contributed by atoms with Gasteiger partial charge in [0.05, 0.1) is 84.2 Å². The van der Waals surface area contributed by atoms with E-state index in [9.17, 15) is 19.7 Å². The average molecular weight is 1000 g/mol. The predicted molar refractivity (Wildman–Crippen MR) is 205 cm³/mol. The van der Waals surface area contributed by atoms with Gasteiger partial charge < -0.3 is 75.1 Å². The van der Waals surface area contributed by atoms with E-state index in [1.54, 1.807) is 12.2 Å². The zero-order valence-electron chi connectivity index (χ0n) is 34.2. The number of hydrogen-bond donors (Lipinski definition) is 5. The minimum absolute atomic E-state index is 0. The molecule has 24 heteroatoms. The second kappa shape index (κ2) is 52.6. The Labute approximate surface area is 397 Å². The molecule has 0 fully saturated rings. The number of carbonyl (C=O) groups is 2. The van der Waals surface area contributed by atoms with Crippen LogP contribution in [0.3, 0.4) is 0 Å². The van der Waals surface area contributed by atoms with Crippen molar-refractivity contribution in [2.75, 3.05) is 125 Å². The fraction of sp³-hybridized carbons (Fsp3) is 0.714. The number of ether oxygens (including phenoxy) is 8. The number of amides is 2. The zero-order valence-corrected chi connectivity index (χ0v) is 39.9. The molecule has 0 spiro atoms. The number of non-ortho nitro benzene ring substituents is 1. The number of hydrogen-bond acceptors (Lipinski definition) is 18. The molecular formula is C35H64N5O17Y2-. The number of phenols is 1. The van der Waals surface area contributed by atoms with Gasteiger partial charge in [-0.1, -0.05) is 38.7 Å². The Morgan fingerprint density at radius 1 is 0.644 bits per heavy atom. The molecule has 0 heterocycles. The molecule has 1 aromatic carbocycles. The number of nitrogens with zero attached hydrogens (tertiary/aromatic N) is 2. The van der Waals surface area contributed by atoms with Gasteiger partial charge in [0.1, 0.15) is 25.6 Å². The van der Waals surface area contributed by atoms with E-state index < -0.39 is 17.1 Å². The molecule has 7 N–H and O–H groups in total. The Morgan fingerprint density at radius 2 is 1.12 bits per heavy atom. The van der Waals surface area contributed by atoms with Crippen molar-refractivity contribution in [3.8, 4) is 5.75 Å². The smallest absolute Gasteiger partial charge is 0.407 e. The summed E-state index contributed by atoms with van der Waals surface area (Å²) in [4.78, 5) is 46.4. The molecule has 0 unspecified atom stereocenters. The molecule has 1 rings (SSSR count). The summed E-state index contributed by atoms with van der Waals surface area (Å²) >= 11 is 0. The predicted octanol–water partition coefficient (Wildman–Crippen LogP) is 4.25. The molecule has 22 nitrogen and oxygen atoms in total. The van der Waals surface area contributed by atoms with E-state index in [2.05, 4.69) is 28.1 Å². The van der Waals surface area contributed by atoms with E-state index in [-0.39, 0.29) is 129 Å². The van der Waals surface area contributed by atoms with Crippen molar-refractivity contribution in [2.24, 2.45) is 0 Å². The quantitative estimate of drug-likeness (QED) is 0.0205. The molecule has 0 saturated heterocycles. The van der Waals surface area contributed by atoms with Crippen LogP contribution in [0, 0.1) is 10.1 Å². The summed E-state index contributed by atoms with van der Waals surface area (Å²) in [5.74, 6) is 0.0330. The van der Waals surface area contributed by atoms with Crippen LogP contribution in [0.25, 0.3) is 5.64 Å². The van der Waals surface area contributed by atoms with Crippen molar-refractivity contribution in [3.05, 3.63) is 52.2 Å². The molecule has 2 radical (unpaired) electrons. The van der Waals surface area contributed by atoms with Gasteiger partial charge in [-0.05, 0) is 24.6 Å². The minimum atomic E-state index is -0.572. The van der Waals surface area contributed by atoms with Gasteiger partial charge in [-0.15, -0.1) is 0 Å². The van der Waals surface area contributed by atoms with E-state index in [0.717, 1.165) is 13.0 Å². The molecule has 0 saturated carbocycles. The summed E-state index contributed by atoms with van der Waals surface area (Å²) < 4.78 is 41.9. The summed E-state index contributed by atoms with van der Waals surface area (Å²) in [7, 11) is 0. The van der Waals surface area contributed by atoms with Crippen molar-refractivity contribution in [2.45, 2.75) is 39.0 Å². The van der Waals surface area contributed by atoms with Crippen LogP contribution in [0.2, 0.25) is 0 Å². The van der Waals surface area contributed by atoms with Crippen molar-refractivity contribution in [1.82, 2.24) is 16.8 Å². The maximum atomic E-state index is 11.6. The van der Waals surface area contributed by atoms with E-state index in [4.69, 9.17) is 57.9 Å². The number of unbranched alkanes of at least 4 members (excludes halogenated alkanes) is 4. The van der Waals surface area contributed by atoms with Crippen molar-refractivity contribution in [1.29, 1.82) is 0 Å². The normalized spacial score (nSPS) is 10.3. The summed E-state index contributed by atoms with van der Waals surface area (Å²) in [6.07, 6.45) is 8.20. The van der Waals surface area contributed by atoms with E-state index in [1.807, 2.05) is 0 Å². The number of phenolic OH excluding ortho intramolecular Hbond substituents is 1. The maximum Gasteiger partial charge on any atom is 0.407 e. The minimum Gasteiger partial charge on any atom is -0.508 e. The largest absolute Gasteiger partial charge is 0.508 e. The monoisotopic (exact) mass is 1000 g/mol. The molecule has 0 atom stereocenters. The fourth-order valence-corrected chi connectivity index (χ4v) is 3.69. The van der Waals surface area contributed by atoms with Crippen molar-refractivity contribution >= 4 is 17.9 Å². The van der Waals surface area contributed by atoms with Gasteiger partial charge in [-0.2, -0.15) is 0 Å². The molecule has 59 heavy (non-hydrogen) atoms. The fourth-order valence-electron chi connectivity index (χ4n) is 3.69. The molecule has 2 amide bonds. The first-order valence-corrected chi connectivity index (χ1v) is 18.5. The van der Waals surface area contributed by atoms with E-state index >= 15 is 0 Å². The Balaban J connectivity index is -0.00000101. The molecule has 338 valence electrons. The summed E-state index contributed by atoms with van der Waals surface area (Å²) in [6, 6.07) is 5.04. The van der Waals surface area contributed by atoms with Gasteiger partial charge in [-0.3, -0.25) is 15.4 Å². The van der Waals surface area contributed by atoms with Crippen LogP contribution in [0.15, 0.2) is 36.4 Å². The van der Waals surface area contributed by atoms with Gasteiger partial charge in [-0.25, -0.2) is 14.5 Å². The first kappa shape index (κ1) is 64.1. The zero-order chi connectivity index (χ0) is 41.0. The number of nitro benzene ring substituents is 1. The van der Waals surface area contributed by atoms with Crippen LogP contribution in [0.1, 0.15) is 39.0 Å². The Kier molecular flexibility index (Phi) is 57.1. The SMILES string of the molecule is CCCCCCCOCCOCCNC(=O)OCCOCCOCCO[N-]OC/C=C/COC(=O)NCCOCCOCCOO.N.O=[N+]([O-])c1ccc(O)cc1.[Y].[Y]. The molecule has 0 aromatic heterocycles. The Bertz CT molecular complexity index is 1090. The second-order valence-electron chi connectivity index (χ2n) is 11.0. The van der Waals surface area contributed by atoms with E-state index in [0.29, 0.717) is 72.6 Å². The average Bonchev–Trinajstić information content (AvgIpc) is 3.19. The molecular weight excluding hydrogens is 940 g/mol. The number of nitro groups is 1. The number of rotatable bonds is 37. The van der Waals surface area contributed by atoms with Crippen molar-refractivity contribution in [3.63, 3.8) is 0 Å². The maximum absolute atomic E-state index is 11.6. The molecule has 0 aliphatic heterocycles. The number of carbonyl (C=O) groups excluding carboxylic acids is 2. The Morgan fingerprint density at radius 3 is 1.68 bits per heavy atom. The van der Waals surface area contributed by atoms with Gasteiger partial charge in [0.2, 0.25) is 0 Å². The number of nitrogens with one attached hydrogen (secondary N) is 2. The number of alkyl carbamates (subject to hydrolysis) is 2. The van der Waals surface area contributed by atoms with Crippen LogP contribution in [0.5, 0.6) is 5.75 Å². The van der Waals surface area contributed by atoms with E-state index in [1.165, 1.54) is 49.9 Å². The Hall–Kier alpha value is -1.57. The third kappa shape index (κ3) is 50.7. The third-order valence-corrected chi connectivity index (χ3v) is 6.45. The van der Waals surface area contributed by atoms with Crippen LogP contribution < -0.4 is 16.8 Å². The molecule has 1 aromatic rings. The first-order valence-electron chi connectivity index (χ1n) is 18.5. The second-order valence-corrected chi connectivity index (χ2v) is 11.0. The number of benzene rings is 1. The van der Waals surface area contributed by atoms with Crippen LogP contribution in [-0.2, 0) is 118 Å². The van der Waals surface area contributed by atoms with Gasteiger partial charge in [0.25, 0.3) is 5.69 Å². The van der Waals surface area contributed by atoms with Crippen LogP contribution >= 0.6 is 0 Å².